The Morgan fingerprint density at radius 1 is 0.771 bits per heavy atom. The topological polar surface area (TPSA) is 99.7 Å². The van der Waals surface area contributed by atoms with E-state index in [0.717, 1.165) is 16.8 Å². The highest BCUT2D eigenvalue weighted by molar-refractivity contribution is 7.71. The molecule has 0 atom stereocenters. The monoisotopic (exact) mass is 492 g/mol. The fourth-order valence-electron chi connectivity index (χ4n) is 3.09. The number of benzene rings is 2. The van der Waals surface area contributed by atoms with Crippen LogP contribution in [0.2, 0.25) is 0 Å². The lowest BCUT2D eigenvalue weighted by Crippen LogP contribution is -2.03. The lowest BCUT2D eigenvalue weighted by atomic mass is 10.1. The molecule has 9 heteroatoms. The summed E-state index contributed by atoms with van der Waals surface area (Å²) in [5.41, 5.74) is 3.07. The molecule has 0 aliphatic heterocycles. The summed E-state index contributed by atoms with van der Waals surface area (Å²) in [6.45, 7) is 2.66. The molecule has 0 spiro atoms. The van der Waals surface area contributed by atoms with Gasteiger partial charge in [0.1, 0.15) is 0 Å². The quantitative estimate of drug-likeness (QED) is 0.255. The van der Waals surface area contributed by atoms with E-state index in [9.17, 15) is 9.59 Å². The minimum atomic E-state index is -0.423. The summed E-state index contributed by atoms with van der Waals surface area (Å²) >= 11 is 5.27. The van der Waals surface area contributed by atoms with Crippen LogP contribution in [0.3, 0.4) is 0 Å². The van der Waals surface area contributed by atoms with Crippen LogP contribution in [0.15, 0.2) is 42.5 Å². The minimum Gasteiger partial charge on any atom is -0.493 e. The molecule has 1 N–H and O–H groups in total. The van der Waals surface area contributed by atoms with Crippen LogP contribution in [0.25, 0.3) is 24.3 Å². The molecule has 0 bridgehead atoms. The third-order valence-electron chi connectivity index (χ3n) is 4.57. The molecule has 0 saturated carbocycles. The number of nitrogens with one attached hydrogen (secondary N) is 1. The first-order valence-electron chi connectivity index (χ1n) is 10.5. The standard InChI is InChI=1S/C26H24N2O6S/c1-16(29)33-22-11-7-18(13-24(22)31-3)5-9-20-15-21(28-26(35)27-20)10-6-19-8-12-23(34-17(2)30)25(14-19)32-4/h5-15H,1-4H3,(H,27,28,35)/b9-5+,10-6+. The van der Waals surface area contributed by atoms with Gasteiger partial charge in [0.2, 0.25) is 0 Å². The molecule has 0 radical (unpaired) electrons. The second-order valence-corrected chi connectivity index (χ2v) is 7.63. The molecule has 0 amide bonds. The summed E-state index contributed by atoms with van der Waals surface area (Å²) in [4.78, 5) is 29.8. The lowest BCUT2D eigenvalue weighted by Gasteiger charge is -2.08. The van der Waals surface area contributed by atoms with Crippen LogP contribution in [0.5, 0.6) is 23.0 Å². The molecular formula is C26H24N2O6S. The molecule has 3 rings (SSSR count). The van der Waals surface area contributed by atoms with E-state index in [1.807, 2.05) is 30.4 Å². The highest BCUT2D eigenvalue weighted by atomic mass is 32.1. The number of hydrogen-bond acceptors (Lipinski definition) is 8. The van der Waals surface area contributed by atoms with Gasteiger partial charge < -0.3 is 23.9 Å². The molecule has 8 nitrogen and oxygen atoms in total. The maximum absolute atomic E-state index is 11.2. The van der Waals surface area contributed by atoms with Crippen LogP contribution < -0.4 is 18.9 Å². The van der Waals surface area contributed by atoms with Crippen molar-refractivity contribution < 1.29 is 28.5 Å². The fraction of sp³-hybridized carbons (Fsp3) is 0.154. The molecule has 0 aliphatic rings. The van der Waals surface area contributed by atoms with Gasteiger partial charge in [-0.05, 0) is 65.8 Å². The van der Waals surface area contributed by atoms with E-state index in [4.69, 9.17) is 31.2 Å². The van der Waals surface area contributed by atoms with Gasteiger partial charge in [0, 0.05) is 19.5 Å². The van der Waals surface area contributed by atoms with Crippen molar-refractivity contribution in [2.24, 2.45) is 0 Å². The van der Waals surface area contributed by atoms with E-state index < -0.39 is 11.9 Å². The Bertz CT molecular complexity index is 1260. The number of nitrogens with zero attached hydrogens (tertiary/aromatic N) is 1. The first-order valence-corrected chi connectivity index (χ1v) is 10.9. The molecule has 3 aromatic rings. The zero-order chi connectivity index (χ0) is 25.4. The van der Waals surface area contributed by atoms with Crippen LogP contribution in [0.1, 0.15) is 36.4 Å². The predicted octanol–water partition coefficient (Wildman–Crippen LogP) is 5.35. The minimum absolute atomic E-state index is 0.331. The van der Waals surface area contributed by atoms with Crippen molar-refractivity contribution in [3.63, 3.8) is 0 Å². The van der Waals surface area contributed by atoms with Gasteiger partial charge in [-0.1, -0.05) is 24.3 Å². The summed E-state index contributed by atoms with van der Waals surface area (Å²) in [7, 11) is 3.01. The summed E-state index contributed by atoms with van der Waals surface area (Å²) in [6.07, 6.45) is 7.39. The number of carbonyl (C=O) groups is 2. The number of hydrogen-bond donors (Lipinski definition) is 1. The number of ether oxygens (including phenoxy) is 4. The zero-order valence-corrected chi connectivity index (χ0v) is 20.5. The van der Waals surface area contributed by atoms with Crippen LogP contribution in [-0.2, 0) is 9.59 Å². The average molecular weight is 493 g/mol. The summed E-state index contributed by atoms with van der Waals surface area (Å²) < 4.78 is 21.2. The molecule has 1 aromatic heterocycles. The van der Waals surface area contributed by atoms with E-state index >= 15 is 0 Å². The molecule has 0 fully saturated rings. The molecule has 1 heterocycles. The Morgan fingerprint density at radius 3 is 1.77 bits per heavy atom. The third kappa shape index (κ3) is 7.38. The molecule has 0 unspecified atom stereocenters. The molecule has 0 saturated heterocycles. The van der Waals surface area contributed by atoms with Crippen molar-refractivity contribution in [1.29, 1.82) is 0 Å². The highest BCUT2D eigenvalue weighted by Crippen LogP contribution is 2.30. The number of carbonyl (C=O) groups excluding carboxylic acids is 2. The third-order valence-corrected chi connectivity index (χ3v) is 4.76. The number of H-pyrrole nitrogens is 1. The largest absolute Gasteiger partial charge is 0.493 e. The van der Waals surface area contributed by atoms with Gasteiger partial charge >= 0.3 is 11.9 Å². The predicted molar refractivity (Wildman–Crippen MR) is 136 cm³/mol. The van der Waals surface area contributed by atoms with Gasteiger partial charge in [-0.2, -0.15) is 0 Å². The second-order valence-electron chi connectivity index (χ2n) is 7.24. The average Bonchev–Trinajstić information content (AvgIpc) is 2.81. The van der Waals surface area contributed by atoms with Gasteiger partial charge in [-0.3, -0.25) is 9.59 Å². The van der Waals surface area contributed by atoms with E-state index in [1.54, 1.807) is 36.4 Å². The molecule has 35 heavy (non-hydrogen) atoms. The maximum atomic E-state index is 11.2. The van der Waals surface area contributed by atoms with Gasteiger partial charge in [0.25, 0.3) is 0 Å². The van der Waals surface area contributed by atoms with Crippen molar-refractivity contribution in [1.82, 2.24) is 9.97 Å². The first-order chi connectivity index (χ1) is 16.8. The lowest BCUT2D eigenvalue weighted by molar-refractivity contribution is -0.132. The summed E-state index contributed by atoms with van der Waals surface area (Å²) in [6, 6.07) is 12.3. The number of esters is 2. The second kappa shape index (κ2) is 11.8. The first kappa shape index (κ1) is 25.4. The van der Waals surface area contributed by atoms with Gasteiger partial charge in [-0.25, -0.2) is 4.98 Å². The van der Waals surface area contributed by atoms with Crippen molar-refractivity contribution >= 4 is 48.5 Å². The van der Waals surface area contributed by atoms with E-state index in [-0.39, 0.29) is 0 Å². The Balaban J connectivity index is 1.81. The van der Waals surface area contributed by atoms with Crippen molar-refractivity contribution in [3.8, 4) is 23.0 Å². The van der Waals surface area contributed by atoms with Crippen molar-refractivity contribution in [3.05, 3.63) is 69.8 Å². The highest BCUT2D eigenvalue weighted by Gasteiger charge is 2.08. The van der Waals surface area contributed by atoms with Gasteiger partial charge in [0.15, 0.2) is 27.8 Å². The number of aromatic amines is 1. The number of rotatable bonds is 8. The number of methoxy groups -OCH3 is 2. The van der Waals surface area contributed by atoms with Crippen LogP contribution >= 0.6 is 12.2 Å². The Hall–Kier alpha value is -4.24. The molecule has 0 aliphatic carbocycles. The molecule has 2 aromatic carbocycles. The Morgan fingerprint density at radius 2 is 1.29 bits per heavy atom. The maximum Gasteiger partial charge on any atom is 0.308 e. The smallest absolute Gasteiger partial charge is 0.308 e. The van der Waals surface area contributed by atoms with Crippen molar-refractivity contribution in [2.45, 2.75) is 13.8 Å². The van der Waals surface area contributed by atoms with Crippen LogP contribution in [-0.4, -0.2) is 36.1 Å². The molecule has 180 valence electrons. The van der Waals surface area contributed by atoms with Crippen LogP contribution in [0.4, 0.5) is 0 Å². The van der Waals surface area contributed by atoms with Gasteiger partial charge in [-0.15, -0.1) is 0 Å². The summed E-state index contributed by atoms with van der Waals surface area (Å²) in [5, 5.41) is 0. The fourth-order valence-corrected chi connectivity index (χ4v) is 3.32. The zero-order valence-electron chi connectivity index (χ0n) is 19.7. The Kier molecular flexibility index (Phi) is 8.53. The Labute approximate surface area is 207 Å². The van der Waals surface area contributed by atoms with Gasteiger partial charge in [0.05, 0.1) is 19.9 Å². The summed E-state index contributed by atoms with van der Waals surface area (Å²) in [5.74, 6) is 0.750. The van der Waals surface area contributed by atoms with Crippen LogP contribution in [0, 0.1) is 4.77 Å². The van der Waals surface area contributed by atoms with Crippen molar-refractivity contribution in [2.75, 3.05) is 14.2 Å². The number of aromatic nitrogens is 2. The normalized spacial score (nSPS) is 11.0. The SMILES string of the molecule is COc1cc(/C=C/c2cc(/C=C/c3ccc(OC(C)=O)c(OC)c3)[nH]c(=S)n2)ccc1OC(C)=O. The molecular weight excluding hydrogens is 468 g/mol. The van der Waals surface area contributed by atoms with E-state index in [1.165, 1.54) is 28.1 Å². The van der Waals surface area contributed by atoms with E-state index in [0.29, 0.717) is 33.5 Å². The van der Waals surface area contributed by atoms with E-state index in [2.05, 4.69) is 9.97 Å².